The highest BCUT2D eigenvalue weighted by Crippen LogP contribution is 2.19. The van der Waals surface area contributed by atoms with Crippen molar-refractivity contribution >= 4 is 5.91 Å². The van der Waals surface area contributed by atoms with Gasteiger partial charge in [0.15, 0.2) is 0 Å². The smallest absolute Gasteiger partial charge is 0.251 e. The van der Waals surface area contributed by atoms with E-state index in [0.29, 0.717) is 26.1 Å². The molecule has 0 radical (unpaired) electrons. The number of aliphatic hydroxyl groups is 1. The molecule has 18 heavy (non-hydrogen) atoms. The van der Waals surface area contributed by atoms with Crippen LogP contribution >= 0.6 is 0 Å². The fraction of sp³-hybridized carbons (Fsp3) is 0.462. The highest BCUT2D eigenvalue weighted by molar-refractivity contribution is 5.94. The van der Waals surface area contributed by atoms with E-state index in [-0.39, 0.29) is 18.0 Å². The van der Waals surface area contributed by atoms with Gasteiger partial charge in [0, 0.05) is 38.2 Å². The highest BCUT2D eigenvalue weighted by atomic mass is 19.1. The number of hydrogen-bond donors (Lipinski definition) is 2. The third kappa shape index (κ3) is 3.27. The van der Waals surface area contributed by atoms with Crippen molar-refractivity contribution in [2.75, 3.05) is 19.8 Å². The predicted molar refractivity (Wildman–Crippen MR) is 63.7 cm³/mol. The van der Waals surface area contributed by atoms with Crippen molar-refractivity contribution in [3.05, 3.63) is 35.6 Å². The molecule has 1 amide bonds. The fourth-order valence-corrected chi connectivity index (χ4v) is 1.90. The number of hydrogen-bond acceptors (Lipinski definition) is 3. The van der Waals surface area contributed by atoms with Crippen molar-refractivity contribution < 1.29 is 19.0 Å². The van der Waals surface area contributed by atoms with Crippen LogP contribution in [0.4, 0.5) is 4.39 Å². The third-order valence-corrected chi connectivity index (χ3v) is 3.09. The van der Waals surface area contributed by atoms with Gasteiger partial charge < -0.3 is 15.2 Å². The summed E-state index contributed by atoms with van der Waals surface area (Å²) in [6, 6.07) is 5.46. The first kappa shape index (κ1) is 13.0. The summed E-state index contributed by atoms with van der Waals surface area (Å²) < 4.78 is 18.1. The second-order valence-corrected chi connectivity index (χ2v) is 4.53. The van der Waals surface area contributed by atoms with Crippen molar-refractivity contribution in [1.82, 2.24) is 5.32 Å². The second kappa shape index (κ2) is 5.46. The number of amides is 1. The summed E-state index contributed by atoms with van der Waals surface area (Å²) in [5.74, 6) is -0.832. The molecule has 2 rings (SSSR count). The molecule has 1 aromatic rings. The Bertz CT molecular complexity index is 430. The number of rotatable bonds is 3. The van der Waals surface area contributed by atoms with Crippen molar-refractivity contribution in [3.63, 3.8) is 0 Å². The molecular weight excluding hydrogens is 237 g/mol. The molecular formula is C13H16FNO3. The second-order valence-electron chi connectivity index (χ2n) is 4.53. The van der Waals surface area contributed by atoms with Crippen molar-refractivity contribution in [3.8, 4) is 0 Å². The summed E-state index contributed by atoms with van der Waals surface area (Å²) in [6.45, 7) is 1.14. The number of carbonyl (C=O) groups excluding carboxylic acids is 1. The summed E-state index contributed by atoms with van der Waals surface area (Å²) in [6.07, 6.45) is 0.993. The minimum Gasteiger partial charge on any atom is -0.388 e. The van der Waals surface area contributed by atoms with Gasteiger partial charge in [0.05, 0.1) is 5.60 Å². The Morgan fingerprint density at radius 1 is 1.44 bits per heavy atom. The van der Waals surface area contributed by atoms with Gasteiger partial charge in [0.25, 0.3) is 5.91 Å². The quantitative estimate of drug-likeness (QED) is 0.848. The van der Waals surface area contributed by atoms with Gasteiger partial charge in [-0.1, -0.05) is 6.07 Å². The lowest BCUT2D eigenvalue weighted by atomic mass is 9.94. The SMILES string of the molecule is O=C(NCC1(O)CCOCC1)c1cccc(F)c1. The van der Waals surface area contributed by atoms with Crippen LogP contribution in [0.5, 0.6) is 0 Å². The maximum absolute atomic E-state index is 13.0. The minimum atomic E-state index is -0.915. The van der Waals surface area contributed by atoms with E-state index in [2.05, 4.69) is 5.32 Å². The van der Waals surface area contributed by atoms with Crippen LogP contribution in [0.3, 0.4) is 0 Å². The molecule has 1 heterocycles. The minimum absolute atomic E-state index is 0.158. The zero-order valence-electron chi connectivity index (χ0n) is 9.99. The summed E-state index contributed by atoms with van der Waals surface area (Å²) in [4.78, 5) is 11.8. The highest BCUT2D eigenvalue weighted by Gasteiger charge is 2.30. The van der Waals surface area contributed by atoms with Gasteiger partial charge in [-0.25, -0.2) is 4.39 Å². The number of benzene rings is 1. The zero-order chi connectivity index (χ0) is 13.0. The first-order chi connectivity index (χ1) is 8.59. The number of nitrogens with one attached hydrogen (secondary N) is 1. The first-order valence-electron chi connectivity index (χ1n) is 5.93. The van der Waals surface area contributed by atoms with E-state index in [1.807, 2.05) is 0 Å². The van der Waals surface area contributed by atoms with Gasteiger partial charge in [0.1, 0.15) is 5.82 Å². The Balaban J connectivity index is 1.92. The lowest BCUT2D eigenvalue weighted by molar-refractivity contribution is -0.0605. The van der Waals surface area contributed by atoms with Crippen molar-refractivity contribution in [2.24, 2.45) is 0 Å². The molecule has 0 atom stereocenters. The first-order valence-corrected chi connectivity index (χ1v) is 5.93. The Labute approximate surface area is 105 Å². The van der Waals surface area contributed by atoms with Crippen LogP contribution in [-0.4, -0.2) is 36.4 Å². The van der Waals surface area contributed by atoms with Crippen LogP contribution in [0, 0.1) is 5.82 Å². The molecule has 1 aliphatic heterocycles. The molecule has 1 aromatic carbocycles. The van der Waals surface area contributed by atoms with Gasteiger partial charge >= 0.3 is 0 Å². The molecule has 4 nitrogen and oxygen atoms in total. The van der Waals surface area contributed by atoms with Gasteiger partial charge in [-0.15, -0.1) is 0 Å². The predicted octanol–water partition coefficient (Wildman–Crippen LogP) is 1.10. The van der Waals surface area contributed by atoms with Crippen LogP contribution < -0.4 is 5.32 Å². The molecule has 0 spiro atoms. The Hall–Kier alpha value is -1.46. The largest absolute Gasteiger partial charge is 0.388 e. The van der Waals surface area contributed by atoms with Crippen molar-refractivity contribution in [1.29, 1.82) is 0 Å². The lowest BCUT2D eigenvalue weighted by Crippen LogP contribution is -2.46. The monoisotopic (exact) mass is 253 g/mol. The number of halogens is 1. The van der Waals surface area contributed by atoms with E-state index in [1.165, 1.54) is 24.3 Å². The molecule has 1 fully saturated rings. The Kier molecular flexibility index (Phi) is 3.93. The fourth-order valence-electron chi connectivity index (χ4n) is 1.90. The van der Waals surface area contributed by atoms with Gasteiger partial charge in [-0.2, -0.15) is 0 Å². The molecule has 0 unspecified atom stereocenters. The number of ether oxygens (including phenoxy) is 1. The maximum Gasteiger partial charge on any atom is 0.251 e. The van der Waals surface area contributed by atoms with Crippen LogP contribution in [-0.2, 0) is 4.74 Å². The molecule has 0 aromatic heterocycles. The normalized spacial score (nSPS) is 18.3. The Morgan fingerprint density at radius 2 is 2.17 bits per heavy atom. The van der Waals surface area contributed by atoms with Crippen LogP contribution in [0.25, 0.3) is 0 Å². The topological polar surface area (TPSA) is 58.6 Å². The Morgan fingerprint density at radius 3 is 2.83 bits per heavy atom. The average Bonchev–Trinajstić information content (AvgIpc) is 2.37. The van der Waals surface area contributed by atoms with Crippen molar-refractivity contribution in [2.45, 2.75) is 18.4 Å². The average molecular weight is 253 g/mol. The van der Waals surface area contributed by atoms with Crippen LogP contribution in [0.2, 0.25) is 0 Å². The molecule has 98 valence electrons. The van der Waals surface area contributed by atoms with Crippen LogP contribution in [0.1, 0.15) is 23.2 Å². The summed E-state index contributed by atoms with van der Waals surface area (Å²) in [5, 5.41) is 12.8. The van der Waals surface area contributed by atoms with Gasteiger partial charge in [-0.05, 0) is 18.2 Å². The van der Waals surface area contributed by atoms with E-state index in [0.717, 1.165) is 0 Å². The summed E-state index contributed by atoms with van der Waals surface area (Å²) in [5.41, 5.74) is -0.660. The number of carbonyl (C=O) groups is 1. The zero-order valence-corrected chi connectivity index (χ0v) is 9.99. The lowest BCUT2D eigenvalue weighted by Gasteiger charge is -2.32. The summed E-state index contributed by atoms with van der Waals surface area (Å²) >= 11 is 0. The third-order valence-electron chi connectivity index (χ3n) is 3.09. The molecule has 1 aliphatic rings. The van der Waals surface area contributed by atoms with E-state index < -0.39 is 11.4 Å². The maximum atomic E-state index is 13.0. The molecule has 0 aliphatic carbocycles. The summed E-state index contributed by atoms with van der Waals surface area (Å²) in [7, 11) is 0. The van der Waals surface area contributed by atoms with E-state index in [1.54, 1.807) is 0 Å². The molecule has 2 N–H and O–H groups in total. The van der Waals surface area contributed by atoms with Gasteiger partial charge in [-0.3, -0.25) is 4.79 Å². The molecule has 5 heteroatoms. The molecule has 0 saturated carbocycles. The van der Waals surface area contributed by atoms with E-state index >= 15 is 0 Å². The van der Waals surface area contributed by atoms with E-state index in [9.17, 15) is 14.3 Å². The van der Waals surface area contributed by atoms with E-state index in [4.69, 9.17) is 4.74 Å². The van der Waals surface area contributed by atoms with Gasteiger partial charge in [0.2, 0.25) is 0 Å². The van der Waals surface area contributed by atoms with Crippen LogP contribution in [0.15, 0.2) is 24.3 Å². The molecule has 1 saturated heterocycles. The standard InChI is InChI=1S/C13H16FNO3/c14-11-3-1-2-10(8-11)12(16)15-9-13(17)4-6-18-7-5-13/h1-3,8,17H,4-7,9H2,(H,15,16). The molecule has 0 bridgehead atoms.